The van der Waals surface area contributed by atoms with Crippen LogP contribution in [0.1, 0.15) is 6.42 Å². The lowest BCUT2D eigenvalue weighted by Crippen LogP contribution is -2.51. The van der Waals surface area contributed by atoms with Crippen LogP contribution in [-0.2, 0) is 14.3 Å². The second-order valence-electron chi connectivity index (χ2n) is 3.74. The number of ether oxygens (including phenoxy) is 1. The molecule has 6 nitrogen and oxygen atoms in total. The highest BCUT2D eigenvalue weighted by Gasteiger charge is 2.24. The van der Waals surface area contributed by atoms with Gasteiger partial charge in [0.2, 0.25) is 11.8 Å². The molecular formula is C10H19N3O3. The SMILES string of the molecule is COCCNC(=O)CCNC(=O)C1CNC1. The fourth-order valence-corrected chi connectivity index (χ4v) is 1.30. The molecule has 2 amide bonds. The monoisotopic (exact) mass is 229 g/mol. The Morgan fingerprint density at radius 2 is 2.06 bits per heavy atom. The number of hydrogen-bond donors (Lipinski definition) is 3. The molecule has 0 bridgehead atoms. The molecule has 1 heterocycles. The molecule has 1 aliphatic heterocycles. The standard InChI is InChI=1S/C10H19N3O3/c1-16-5-4-12-9(14)2-3-13-10(15)8-6-11-7-8/h8,11H,2-7H2,1H3,(H,12,14)(H,13,15). The number of carbonyl (C=O) groups excluding carboxylic acids is 2. The van der Waals surface area contributed by atoms with Gasteiger partial charge in [-0.05, 0) is 0 Å². The van der Waals surface area contributed by atoms with Gasteiger partial charge in [0, 0.05) is 39.7 Å². The van der Waals surface area contributed by atoms with Crippen LogP contribution in [0.25, 0.3) is 0 Å². The van der Waals surface area contributed by atoms with Crippen LogP contribution in [-0.4, -0.2) is 51.7 Å². The summed E-state index contributed by atoms with van der Waals surface area (Å²) in [6.07, 6.45) is 0.315. The zero-order chi connectivity index (χ0) is 11.8. The van der Waals surface area contributed by atoms with Gasteiger partial charge in [0.15, 0.2) is 0 Å². The summed E-state index contributed by atoms with van der Waals surface area (Å²) in [5.74, 6) is 0.0454. The predicted molar refractivity (Wildman–Crippen MR) is 58.9 cm³/mol. The number of hydrogen-bond acceptors (Lipinski definition) is 4. The summed E-state index contributed by atoms with van der Waals surface area (Å²) in [5, 5.41) is 8.44. The van der Waals surface area contributed by atoms with Crippen LogP contribution >= 0.6 is 0 Å². The summed E-state index contributed by atoms with van der Waals surface area (Å²) in [5.41, 5.74) is 0. The summed E-state index contributed by atoms with van der Waals surface area (Å²) >= 11 is 0. The third-order valence-corrected chi connectivity index (χ3v) is 2.43. The molecule has 92 valence electrons. The van der Waals surface area contributed by atoms with E-state index in [-0.39, 0.29) is 17.7 Å². The van der Waals surface area contributed by atoms with Crippen molar-refractivity contribution in [3.63, 3.8) is 0 Å². The Balaban J connectivity index is 1.97. The number of amides is 2. The van der Waals surface area contributed by atoms with Crippen molar-refractivity contribution in [1.29, 1.82) is 0 Å². The summed E-state index contributed by atoms with van der Waals surface area (Å²) in [6, 6.07) is 0. The molecule has 6 heteroatoms. The van der Waals surface area contributed by atoms with Gasteiger partial charge in [-0.3, -0.25) is 9.59 Å². The van der Waals surface area contributed by atoms with Crippen LogP contribution in [0.15, 0.2) is 0 Å². The Labute approximate surface area is 95.1 Å². The fraction of sp³-hybridized carbons (Fsp3) is 0.800. The van der Waals surface area contributed by atoms with Crippen molar-refractivity contribution in [2.75, 3.05) is 39.9 Å². The molecule has 0 atom stereocenters. The highest BCUT2D eigenvalue weighted by atomic mass is 16.5. The first-order chi connectivity index (χ1) is 7.74. The third-order valence-electron chi connectivity index (χ3n) is 2.43. The Kier molecular flexibility index (Phi) is 5.81. The van der Waals surface area contributed by atoms with Crippen LogP contribution in [0.2, 0.25) is 0 Å². The first-order valence-electron chi connectivity index (χ1n) is 5.48. The topological polar surface area (TPSA) is 79.5 Å². The maximum atomic E-state index is 11.4. The number of nitrogens with one attached hydrogen (secondary N) is 3. The van der Waals surface area contributed by atoms with Gasteiger partial charge < -0.3 is 20.7 Å². The molecule has 0 unspecified atom stereocenters. The minimum atomic E-state index is -0.0657. The van der Waals surface area contributed by atoms with Crippen molar-refractivity contribution in [2.45, 2.75) is 6.42 Å². The van der Waals surface area contributed by atoms with Crippen molar-refractivity contribution < 1.29 is 14.3 Å². The zero-order valence-corrected chi connectivity index (χ0v) is 9.54. The first-order valence-corrected chi connectivity index (χ1v) is 5.48. The second kappa shape index (κ2) is 7.19. The van der Waals surface area contributed by atoms with Gasteiger partial charge in [0.05, 0.1) is 12.5 Å². The van der Waals surface area contributed by atoms with Crippen molar-refractivity contribution in [2.24, 2.45) is 5.92 Å². The molecule has 0 aromatic rings. The smallest absolute Gasteiger partial charge is 0.225 e. The molecule has 1 aliphatic rings. The molecule has 16 heavy (non-hydrogen) atoms. The molecule has 1 rings (SSSR count). The van der Waals surface area contributed by atoms with E-state index in [1.54, 1.807) is 7.11 Å². The predicted octanol–water partition coefficient (Wildman–Crippen LogP) is -1.53. The number of carbonyl (C=O) groups is 2. The minimum absolute atomic E-state index is 0.0310. The van der Waals surface area contributed by atoms with Crippen molar-refractivity contribution in [3.8, 4) is 0 Å². The maximum Gasteiger partial charge on any atom is 0.225 e. The van der Waals surface area contributed by atoms with Gasteiger partial charge in [-0.1, -0.05) is 0 Å². The average Bonchev–Trinajstić information content (AvgIpc) is 2.15. The lowest BCUT2D eigenvalue weighted by Gasteiger charge is -2.25. The zero-order valence-electron chi connectivity index (χ0n) is 9.54. The van der Waals surface area contributed by atoms with E-state index in [1.807, 2.05) is 0 Å². The van der Waals surface area contributed by atoms with Crippen molar-refractivity contribution >= 4 is 11.8 Å². The lowest BCUT2D eigenvalue weighted by molar-refractivity contribution is -0.126. The van der Waals surface area contributed by atoms with E-state index >= 15 is 0 Å². The van der Waals surface area contributed by atoms with E-state index in [4.69, 9.17) is 4.74 Å². The second-order valence-corrected chi connectivity index (χ2v) is 3.74. The highest BCUT2D eigenvalue weighted by Crippen LogP contribution is 2.01. The van der Waals surface area contributed by atoms with E-state index < -0.39 is 0 Å². The average molecular weight is 229 g/mol. The number of rotatable bonds is 7. The fourth-order valence-electron chi connectivity index (χ4n) is 1.30. The van der Waals surface area contributed by atoms with E-state index in [9.17, 15) is 9.59 Å². The Bertz CT molecular complexity index is 241. The molecule has 0 aliphatic carbocycles. The molecule has 3 N–H and O–H groups in total. The van der Waals surface area contributed by atoms with Gasteiger partial charge in [-0.25, -0.2) is 0 Å². The first kappa shape index (κ1) is 12.9. The van der Waals surface area contributed by atoms with Crippen LogP contribution in [0.5, 0.6) is 0 Å². The molecular weight excluding hydrogens is 210 g/mol. The van der Waals surface area contributed by atoms with Gasteiger partial charge in [-0.15, -0.1) is 0 Å². The molecule has 0 saturated carbocycles. The quantitative estimate of drug-likeness (QED) is 0.463. The Hall–Kier alpha value is -1.14. The Morgan fingerprint density at radius 3 is 2.62 bits per heavy atom. The van der Waals surface area contributed by atoms with Crippen molar-refractivity contribution in [3.05, 3.63) is 0 Å². The summed E-state index contributed by atoms with van der Waals surface area (Å²) in [7, 11) is 1.58. The van der Waals surface area contributed by atoms with Crippen LogP contribution in [0, 0.1) is 5.92 Å². The van der Waals surface area contributed by atoms with Crippen LogP contribution < -0.4 is 16.0 Å². The summed E-state index contributed by atoms with van der Waals surface area (Å²) in [4.78, 5) is 22.6. The van der Waals surface area contributed by atoms with Crippen molar-refractivity contribution in [1.82, 2.24) is 16.0 Å². The van der Waals surface area contributed by atoms with E-state index in [2.05, 4.69) is 16.0 Å². The van der Waals surface area contributed by atoms with Gasteiger partial charge in [0.1, 0.15) is 0 Å². The van der Waals surface area contributed by atoms with Gasteiger partial charge in [-0.2, -0.15) is 0 Å². The van der Waals surface area contributed by atoms with Gasteiger partial charge >= 0.3 is 0 Å². The normalized spacial score (nSPS) is 15.3. The molecule has 1 fully saturated rings. The molecule has 0 aromatic heterocycles. The summed E-state index contributed by atoms with van der Waals surface area (Å²) < 4.78 is 4.80. The maximum absolute atomic E-state index is 11.4. The molecule has 0 aromatic carbocycles. The molecule has 0 radical (unpaired) electrons. The van der Waals surface area contributed by atoms with E-state index in [0.29, 0.717) is 26.1 Å². The Morgan fingerprint density at radius 1 is 1.31 bits per heavy atom. The molecule has 0 spiro atoms. The minimum Gasteiger partial charge on any atom is -0.383 e. The largest absolute Gasteiger partial charge is 0.383 e. The third kappa shape index (κ3) is 4.59. The number of methoxy groups -OCH3 is 1. The summed E-state index contributed by atoms with van der Waals surface area (Å²) in [6.45, 7) is 2.90. The highest BCUT2D eigenvalue weighted by molar-refractivity contribution is 5.81. The molecule has 1 saturated heterocycles. The lowest BCUT2D eigenvalue weighted by atomic mass is 10.0. The van der Waals surface area contributed by atoms with Gasteiger partial charge in [0.25, 0.3) is 0 Å². The van der Waals surface area contributed by atoms with Crippen LogP contribution in [0.4, 0.5) is 0 Å². The van der Waals surface area contributed by atoms with Crippen LogP contribution in [0.3, 0.4) is 0 Å². The van der Waals surface area contributed by atoms with E-state index in [1.165, 1.54) is 0 Å². The van der Waals surface area contributed by atoms with E-state index in [0.717, 1.165) is 13.1 Å².